The Kier molecular flexibility index (Phi) is 4.22. The molecule has 21 heavy (non-hydrogen) atoms. The van der Waals surface area contributed by atoms with E-state index < -0.39 is 4.92 Å². The first-order chi connectivity index (χ1) is 9.95. The number of halogens is 1. The zero-order valence-corrected chi connectivity index (χ0v) is 11.2. The molecule has 2 rings (SSSR count). The number of aromatic nitrogens is 1. The fraction of sp³-hybridized carbons (Fsp3) is 0.143. The first kappa shape index (κ1) is 14.6. The van der Waals surface area contributed by atoms with E-state index in [-0.39, 0.29) is 29.7 Å². The van der Waals surface area contributed by atoms with E-state index in [0.29, 0.717) is 11.1 Å². The summed E-state index contributed by atoms with van der Waals surface area (Å²) in [6.45, 7) is 1.62. The van der Waals surface area contributed by atoms with Crippen LogP contribution in [-0.2, 0) is 11.2 Å². The number of carbonyl (C=O) groups excluding carboxylic acids is 1. The van der Waals surface area contributed by atoms with Crippen LogP contribution in [-0.4, -0.2) is 15.8 Å². The van der Waals surface area contributed by atoms with Crippen molar-refractivity contribution in [1.82, 2.24) is 4.98 Å². The van der Waals surface area contributed by atoms with Gasteiger partial charge in [0, 0.05) is 6.07 Å². The molecule has 1 aromatic heterocycles. The summed E-state index contributed by atoms with van der Waals surface area (Å²) in [5, 5.41) is 13.2. The van der Waals surface area contributed by atoms with E-state index in [0.717, 1.165) is 6.20 Å². The molecule has 0 saturated heterocycles. The molecule has 0 aliphatic heterocycles. The lowest BCUT2D eigenvalue weighted by atomic mass is 10.1. The summed E-state index contributed by atoms with van der Waals surface area (Å²) in [6, 6.07) is 6.92. The second kappa shape index (κ2) is 6.08. The van der Waals surface area contributed by atoms with Crippen molar-refractivity contribution < 1.29 is 14.1 Å². The maximum Gasteiger partial charge on any atom is 0.287 e. The Hall–Kier alpha value is -2.83. The molecule has 1 amide bonds. The minimum absolute atomic E-state index is 0.0678. The molecular formula is C14H12FN3O3. The quantitative estimate of drug-likeness (QED) is 0.692. The number of anilines is 1. The first-order valence-corrected chi connectivity index (χ1v) is 6.11. The van der Waals surface area contributed by atoms with Gasteiger partial charge in [-0.05, 0) is 30.2 Å². The molecule has 0 aliphatic rings. The molecule has 7 heteroatoms. The summed E-state index contributed by atoms with van der Waals surface area (Å²) in [4.78, 5) is 25.8. The number of amides is 1. The molecule has 0 bridgehead atoms. The minimum atomic E-state index is -0.551. The van der Waals surface area contributed by atoms with Crippen LogP contribution in [0.25, 0.3) is 0 Å². The van der Waals surface area contributed by atoms with Gasteiger partial charge >= 0.3 is 0 Å². The van der Waals surface area contributed by atoms with E-state index in [1.165, 1.54) is 30.3 Å². The van der Waals surface area contributed by atoms with Crippen LogP contribution in [0.1, 0.15) is 11.1 Å². The topological polar surface area (TPSA) is 85.1 Å². The van der Waals surface area contributed by atoms with E-state index in [9.17, 15) is 19.3 Å². The Labute approximate surface area is 119 Å². The SMILES string of the molecule is Cc1cc([N+](=O)[O-])cnc1NC(=O)Cc1ccc(F)cc1. The predicted octanol–water partition coefficient (Wildman–Crippen LogP) is 2.62. The molecule has 0 saturated carbocycles. The summed E-state index contributed by atoms with van der Waals surface area (Å²) < 4.78 is 12.8. The Bertz CT molecular complexity index is 686. The van der Waals surface area contributed by atoms with Crippen molar-refractivity contribution in [2.45, 2.75) is 13.3 Å². The average molecular weight is 289 g/mol. The first-order valence-electron chi connectivity index (χ1n) is 6.11. The summed E-state index contributed by atoms with van der Waals surface area (Å²) in [7, 11) is 0. The molecule has 1 N–H and O–H groups in total. The number of aryl methyl sites for hydroxylation is 1. The number of nitrogens with zero attached hydrogens (tertiary/aromatic N) is 2. The van der Waals surface area contributed by atoms with Gasteiger partial charge in [-0.3, -0.25) is 14.9 Å². The number of rotatable bonds is 4. The third-order valence-corrected chi connectivity index (χ3v) is 2.81. The van der Waals surface area contributed by atoms with E-state index in [2.05, 4.69) is 10.3 Å². The Morgan fingerprint density at radius 1 is 1.38 bits per heavy atom. The summed E-state index contributed by atoms with van der Waals surface area (Å²) in [5.41, 5.74) is 1.02. The number of hydrogen-bond acceptors (Lipinski definition) is 4. The highest BCUT2D eigenvalue weighted by Crippen LogP contribution is 2.18. The van der Waals surface area contributed by atoms with E-state index >= 15 is 0 Å². The molecule has 0 unspecified atom stereocenters. The lowest BCUT2D eigenvalue weighted by Crippen LogP contribution is -2.16. The maximum atomic E-state index is 12.8. The number of nitrogens with one attached hydrogen (secondary N) is 1. The molecule has 0 fully saturated rings. The second-order valence-electron chi connectivity index (χ2n) is 4.47. The van der Waals surface area contributed by atoms with E-state index in [1.807, 2.05) is 0 Å². The van der Waals surface area contributed by atoms with Crippen LogP contribution >= 0.6 is 0 Å². The number of carbonyl (C=O) groups is 1. The summed E-state index contributed by atoms with van der Waals surface area (Å²) >= 11 is 0. The predicted molar refractivity (Wildman–Crippen MR) is 74.4 cm³/mol. The van der Waals surface area contributed by atoms with Crippen LogP contribution < -0.4 is 5.32 Å². The van der Waals surface area contributed by atoms with Crippen molar-refractivity contribution >= 4 is 17.4 Å². The number of hydrogen-bond donors (Lipinski definition) is 1. The van der Waals surface area contributed by atoms with Gasteiger partial charge in [-0.2, -0.15) is 0 Å². The van der Waals surface area contributed by atoms with Crippen LogP contribution in [0, 0.1) is 22.9 Å². The van der Waals surface area contributed by atoms with Gasteiger partial charge in [0.1, 0.15) is 17.8 Å². The standard InChI is InChI=1S/C14H12FN3O3/c1-9-6-12(18(20)21)8-16-14(9)17-13(19)7-10-2-4-11(15)5-3-10/h2-6,8H,7H2,1H3,(H,16,17,19). The van der Waals surface area contributed by atoms with Crippen LogP contribution in [0.15, 0.2) is 36.5 Å². The van der Waals surface area contributed by atoms with Crippen molar-refractivity contribution in [3.05, 3.63) is 63.6 Å². The maximum absolute atomic E-state index is 12.8. The summed E-state index contributed by atoms with van der Waals surface area (Å²) in [5.74, 6) is -0.425. The molecule has 1 aromatic carbocycles. The van der Waals surface area contributed by atoms with Gasteiger partial charge < -0.3 is 5.32 Å². The summed E-state index contributed by atoms with van der Waals surface area (Å²) in [6.07, 6.45) is 1.15. The highest BCUT2D eigenvalue weighted by Gasteiger charge is 2.12. The molecule has 108 valence electrons. The molecule has 6 nitrogen and oxygen atoms in total. The normalized spacial score (nSPS) is 10.2. The van der Waals surface area contributed by atoms with Crippen molar-refractivity contribution in [3.63, 3.8) is 0 Å². The van der Waals surface area contributed by atoms with Gasteiger partial charge in [0.2, 0.25) is 5.91 Å². The van der Waals surface area contributed by atoms with Crippen molar-refractivity contribution in [2.24, 2.45) is 0 Å². The van der Waals surface area contributed by atoms with Gasteiger partial charge in [0.15, 0.2) is 0 Å². The second-order valence-corrected chi connectivity index (χ2v) is 4.47. The average Bonchev–Trinajstić information content (AvgIpc) is 2.43. The van der Waals surface area contributed by atoms with Crippen molar-refractivity contribution in [3.8, 4) is 0 Å². The highest BCUT2D eigenvalue weighted by molar-refractivity contribution is 5.92. The largest absolute Gasteiger partial charge is 0.310 e. The molecule has 0 atom stereocenters. The van der Waals surface area contributed by atoms with Gasteiger partial charge in [-0.25, -0.2) is 9.37 Å². The monoisotopic (exact) mass is 289 g/mol. The lowest BCUT2D eigenvalue weighted by Gasteiger charge is -2.07. The number of nitro groups is 1. The molecular weight excluding hydrogens is 277 g/mol. The zero-order valence-electron chi connectivity index (χ0n) is 11.2. The van der Waals surface area contributed by atoms with Crippen LogP contribution in [0.4, 0.5) is 15.9 Å². The fourth-order valence-electron chi connectivity index (χ4n) is 1.75. The van der Waals surface area contributed by atoms with Crippen molar-refractivity contribution in [2.75, 3.05) is 5.32 Å². The number of benzene rings is 1. The van der Waals surface area contributed by atoms with Gasteiger partial charge in [0.05, 0.1) is 11.3 Å². The Balaban J connectivity index is 2.06. The zero-order chi connectivity index (χ0) is 15.4. The molecule has 0 spiro atoms. The molecule has 2 aromatic rings. The lowest BCUT2D eigenvalue weighted by molar-refractivity contribution is -0.385. The van der Waals surface area contributed by atoms with Crippen LogP contribution in [0.3, 0.4) is 0 Å². The van der Waals surface area contributed by atoms with Gasteiger partial charge in [-0.15, -0.1) is 0 Å². The van der Waals surface area contributed by atoms with Gasteiger partial charge in [-0.1, -0.05) is 12.1 Å². The smallest absolute Gasteiger partial charge is 0.287 e. The van der Waals surface area contributed by atoms with Crippen LogP contribution in [0.2, 0.25) is 0 Å². The molecule has 0 radical (unpaired) electrons. The Morgan fingerprint density at radius 3 is 2.62 bits per heavy atom. The molecule has 1 heterocycles. The minimum Gasteiger partial charge on any atom is -0.310 e. The van der Waals surface area contributed by atoms with Crippen LogP contribution in [0.5, 0.6) is 0 Å². The Morgan fingerprint density at radius 2 is 2.05 bits per heavy atom. The number of pyridine rings is 1. The third kappa shape index (κ3) is 3.82. The van der Waals surface area contributed by atoms with Gasteiger partial charge in [0.25, 0.3) is 5.69 Å². The third-order valence-electron chi connectivity index (χ3n) is 2.81. The van der Waals surface area contributed by atoms with Crippen molar-refractivity contribution in [1.29, 1.82) is 0 Å². The van der Waals surface area contributed by atoms with E-state index in [4.69, 9.17) is 0 Å². The highest BCUT2D eigenvalue weighted by atomic mass is 19.1. The molecule has 0 aliphatic carbocycles. The fourth-order valence-corrected chi connectivity index (χ4v) is 1.75. The van der Waals surface area contributed by atoms with E-state index in [1.54, 1.807) is 6.92 Å².